The predicted octanol–water partition coefficient (Wildman–Crippen LogP) is 5.13. The van der Waals surface area contributed by atoms with E-state index in [1.807, 2.05) is 0 Å². The van der Waals surface area contributed by atoms with Crippen molar-refractivity contribution in [3.05, 3.63) is 58.1 Å². The Kier molecular flexibility index (Phi) is 9.39. The molecule has 9 heteroatoms. The van der Waals surface area contributed by atoms with Gasteiger partial charge in [-0.15, -0.1) is 0 Å². The van der Waals surface area contributed by atoms with Crippen molar-refractivity contribution in [2.75, 3.05) is 11.9 Å². The van der Waals surface area contributed by atoms with Gasteiger partial charge in [0.15, 0.2) is 0 Å². The standard InChI is InChI=1S/C24H27Cl2N3O4/c25-18-10-13-21(20(26)15-18)33-14-4-7-22(30)28-29-24(32)17-8-11-19(12-9-17)27-23(31)16-5-2-1-3-6-16/h8-13,15-16H,1-7,14H2,(H,27,31)(H,28,30)(H,29,32). The largest absolute Gasteiger partial charge is 0.492 e. The molecule has 33 heavy (non-hydrogen) atoms. The van der Waals surface area contributed by atoms with Gasteiger partial charge in [-0.3, -0.25) is 25.2 Å². The van der Waals surface area contributed by atoms with Crippen LogP contribution in [0.4, 0.5) is 5.69 Å². The molecule has 0 heterocycles. The maximum absolute atomic E-state index is 12.3. The lowest BCUT2D eigenvalue weighted by molar-refractivity contribution is -0.122. The average Bonchev–Trinajstić information content (AvgIpc) is 2.82. The van der Waals surface area contributed by atoms with Crippen molar-refractivity contribution in [1.29, 1.82) is 0 Å². The first-order valence-electron chi connectivity index (χ1n) is 11.0. The Morgan fingerprint density at radius 2 is 1.67 bits per heavy atom. The summed E-state index contributed by atoms with van der Waals surface area (Å²) in [6, 6.07) is 11.5. The van der Waals surface area contributed by atoms with Gasteiger partial charge in [0, 0.05) is 28.6 Å². The van der Waals surface area contributed by atoms with E-state index in [1.54, 1.807) is 42.5 Å². The number of rotatable bonds is 8. The molecule has 1 saturated carbocycles. The van der Waals surface area contributed by atoms with E-state index < -0.39 is 5.91 Å². The van der Waals surface area contributed by atoms with Gasteiger partial charge < -0.3 is 10.1 Å². The minimum Gasteiger partial charge on any atom is -0.492 e. The normalized spacial score (nSPS) is 13.8. The summed E-state index contributed by atoms with van der Waals surface area (Å²) < 4.78 is 5.53. The van der Waals surface area contributed by atoms with Crippen molar-refractivity contribution in [3.63, 3.8) is 0 Å². The van der Waals surface area contributed by atoms with Crippen LogP contribution in [0.3, 0.4) is 0 Å². The third kappa shape index (κ3) is 7.94. The number of halogens is 2. The summed E-state index contributed by atoms with van der Waals surface area (Å²) in [7, 11) is 0. The topological polar surface area (TPSA) is 96.5 Å². The molecule has 3 N–H and O–H groups in total. The zero-order valence-electron chi connectivity index (χ0n) is 18.2. The van der Waals surface area contributed by atoms with Gasteiger partial charge in [0.2, 0.25) is 11.8 Å². The first-order valence-corrected chi connectivity index (χ1v) is 11.8. The molecule has 1 aliphatic rings. The molecule has 0 bridgehead atoms. The van der Waals surface area contributed by atoms with Gasteiger partial charge in [-0.05, 0) is 61.7 Å². The maximum Gasteiger partial charge on any atom is 0.269 e. The summed E-state index contributed by atoms with van der Waals surface area (Å²) in [4.78, 5) is 36.5. The number of ether oxygens (including phenoxy) is 1. The lowest BCUT2D eigenvalue weighted by Crippen LogP contribution is -2.41. The second-order valence-corrected chi connectivity index (χ2v) is 8.77. The number of hydrogen-bond acceptors (Lipinski definition) is 4. The fourth-order valence-electron chi connectivity index (χ4n) is 3.58. The van der Waals surface area contributed by atoms with E-state index in [-0.39, 0.29) is 30.8 Å². The molecule has 3 amide bonds. The van der Waals surface area contributed by atoms with Gasteiger partial charge in [0.1, 0.15) is 5.75 Å². The quantitative estimate of drug-likeness (QED) is 0.352. The molecule has 1 aliphatic carbocycles. The van der Waals surface area contributed by atoms with Crippen LogP contribution < -0.4 is 20.9 Å². The van der Waals surface area contributed by atoms with Crippen LogP contribution in [0.25, 0.3) is 0 Å². The van der Waals surface area contributed by atoms with Gasteiger partial charge in [0.05, 0.1) is 11.6 Å². The van der Waals surface area contributed by atoms with E-state index >= 15 is 0 Å². The highest BCUT2D eigenvalue weighted by molar-refractivity contribution is 6.35. The van der Waals surface area contributed by atoms with E-state index in [2.05, 4.69) is 16.2 Å². The summed E-state index contributed by atoms with van der Waals surface area (Å²) in [5, 5.41) is 3.82. The molecule has 0 radical (unpaired) electrons. The van der Waals surface area contributed by atoms with Crippen LogP contribution in [0.2, 0.25) is 10.0 Å². The number of carbonyl (C=O) groups is 3. The molecule has 0 aliphatic heterocycles. The van der Waals surface area contributed by atoms with Gasteiger partial charge in [-0.1, -0.05) is 42.5 Å². The Morgan fingerprint density at radius 3 is 2.36 bits per heavy atom. The van der Waals surface area contributed by atoms with Crippen molar-refractivity contribution >= 4 is 46.6 Å². The number of hydrazine groups is 1. The van der Waals surface area contributed by atoms with Gasteiger partial charge in [-0.2, -0.15) is 0 Å². The highest BCUT2D eigenvalue weighted by Crippen LogP contribution is 2.27. The van der Waals surface area contributed by atoms with E-state index in [9.17, 15) is 14.4 Å². The van der Waals surface area contributed by atoms with Crippen LogP contribution in [0.1, 0.15) is 55.3 Å². The molecule has 0 aromatic heterocycles. The summed E-state index contributed by atoms with van der Waals surface area (Å²) >= 11 is 11.9. The smallest absolute Gasteiger partial charge is 0.269 e. The molecule has 2 aromatic carbocycles. The van der Waals surface area contributed by atoms with Crippen LogP contribution in [-0.4, -0.2) is 24.3 Å². The summed E-state index contributed by atoms with van der Waals surface area (Å²) in [6.07, 6.45) is 5.82. The summed E-state index contributed by atoms with van der Waals surface area (Å²) in [5.74, 6) is -0.205. The molecule has 2 aromatic rings. The van der Waals surface area contributed by atoms with Gasteiger partial charge >= 0.3 is 0 Å². The van der Waals surface area contributed by atoms with E-state index in [1.165, 1.54) is 6.42 Å². The third-order valence-electron chi connectivity index (χ3n) is 5.41. The zero-order chi connectivity index (χ0) is 23.6. The fourth-order valence-corrected chi connectivity index (χ4v) is 4.05. The number of benzene rings is 2. The van der Waals surface area contributed by atoms with Crippen LogP contribution >= 0.6 is 23.2 Å². The second kappa shape index (κ2) is 12.5. The minimum absolute atomic E-state index is 0.0291. The van der Waals surface area contributed by atoms with Gasteiger partial charge in [-0.25, -0.2) is 0 Å². The van der Waals surface area contributed by atoms with Gasteiger partial charge in [0.25, 0.3) is 5.91 Å². The highest BCUT2D eigenvalue weighted by atomic mass is 35.5. The second-order valence-electron chi connectivity index (χ2n) is 7.93. The summed E-state index contributed by atoms with van der Waals surface area (Å²) in [6.45, 7) is 0.288. The van der Waals surface area contributed by atoms with Crippen LogP contribution in [0.15, 0.2) is 42.5 Å². The molecule has 0 unspecified atom stereocenters. The lowest BCUT2D eigenvalue weighted by Gasteiger charge is -2.20. The molecule has 1 fully saturated rings. The number of amides is 3. The first-order chi connectivity index (χ1) is 15.9. The third-order valence-corrected chi connectivity index (χ3v) is 5.94. The van der Waals surface area contributed by atoms with E-state index in [0.717, 1.165) is 25.7 Å². The number of carbonyl (C=O) groups excluding carboxylic acids is 3. The van der Waals surface area contributed by atoms with Crippen molar-refractivity contribution in [1.82, 2.24) is 10.9 Å². The molecule has 0 saturated heterocycles. The molecule has 176 valence electrons. The van der Waals surface area contributed by atoms with Crippen LogP contribution in [0.5, 0.6) is 5.75 Å². The number of nitrogens with one attached hydrogen (secondary N) is 3. The Bertz CT molecular complexity index is 976. The molecule has 7 nitrogen and oxygen atoms in total. The first kappa shape index (κ1) is 24.9. The number of hydrogen-bond donors (Lipinski definition) is 3. The monoisotopic (exact) mass is 491 g/mol. The van der Waals surface area contributed by atoms with Crippen LogP contribution in [0, 0.1) is 5.92 Å². The Morgan fingerprint density at radius 1 is 0.939 bits per heavy atom. The summed E-state index contributed by atoms with van der Waals surface area (Å²) in [5.41, 5.74) is 5.78. The number of anilines is 1. The van der Waals surface area contributed by atoms with Crippen molar-refractivity contribution in [2.24, 2.45) is 5.92 Å². The van der Waals surface area contributed by atoms with Crippen molar-refractivity contribution in [3.8, 4) is 5.75 Å². The maximum atomic E-state index is 12.3. The Balaban J connectivity index is 1.35. The zero-order valence-corrected chi connectivity index (χ0v) is 19.7. The van der Waals surface area contributed by atoms with E-state index in [4.69, 9.17) is 27.9 Å². The van der Waals surface area contributed by atoms with Crippen molar-refractivity contribution in [2.45, 2.75) is 44.9 Å². The average molecular weight is 492 g/mol. The Labute approximate surface area is 203 Å². The predicted molar refractivity (Wildman–Crippen MR) is 128 cm³/mol. The van der Waals surface area contributed by atoms with E-state index in [0.29, 0.717) is 33.5 Å². The fraction of sp³-hybridized carbons (Fsp3) is 0.375. The lowest BCUT2D eigenvalue weighted by atomic mass is 9.88. The molecule has 0 spiro atoms. The molecular weight excluding hydrogens is 465 g/mol. The van der Waals surface area contributed by atoms with Crippen LogP contribution in [-0.2, 0) is 9.59 Å². The van der Waals surface area contributed by atoms with Crippen molar-refractivity contribution < 1.29 is 19.1 Å². The minimum atomic E-state index is -0.447. The highest BCUT2D eigenvalue weighted by Gasteiger charge is 2.21. The molecule has 0 atom stereocenters. The molecular formula is C24H27Cl2N3O4. The SMILES string of the molecule is O=C(CCCOc1ccc(Cl)cc1Cl)NNC(=O)c1ccc(NC(=O)C2CCCCC2)cc1. The Hall–Kier alpha value is -2.77. The molecule has 3 rings (SSSR count).